The van der Waals surface area contributed by atoms with Crippen molar-refractivity contribution in [2.24, 2.45) is 0 Å². The summed E-state index contributed by atoms with van der Waals surface area (Å²) in [5, 5.41) is 0. The Hall–Kier alpha value is -2.45. The SMILES string of the molecule is FC(F)(F)c1ccncc1-c1nc(C2CCC3(CCCCC3)OO2)c2ccccn12. The van der Waals surface area contributed by atoms with Gasteiger partial charge in [-0.2, -0.15) is 13.2 Å². The minimum atomic E-state index is -4.50. The van der Waals surface area contributed by atoms with Crippen LogP contribution in [0.2, 0.25) is 0 Å². The van der Waals surface area contributed by atoms with Crippen molar-refractivity contribution in [1.29, 1.82) is 0 Å². The Bertz CT molecular complexity index is 1050. The molecule has 158 valence electrons. The maximum atomic E-state index is 13.6. The van der Waals surface area contributed by atoms with Gasteiger partial charge in [-0.05, 0) is 43.9 Å². The minimum absolute atomic E-state index is 0.0575. The first kappa shape index (κ1) is 19.5. The van der Waals surface area contributed by atoms with E-state index in [4.69, 9.17) is 9.78 Å². The standard InChI is InChI=1S/C22H22F3N3O2/c23-22(24,25)16-8-12-26-14-15(16)20-27-19(17-6-2-5-13-28(17)20)18-7-11-21(30-29-18)9-3-1-4-10-21/h2,5-6,8,12-14,18H,1,3-4,7,9-11H2. The third-order valence-corrected chi connectivity index (χ3v) is 6.22. The van der Waals surface area contributed by atoms with E-state index in [9.17, 15) is 13.2 Å². The maximum absolute atomic E-state index is 13.6. The van der Waals surface area contributed by atoms with E-state index < -0.39 is 17.8 Å². The lowest BCUT2D eigenvalue weighted by atomic mass is 9.80. The summed E-state index contributed by atoms with van der Waals surface area (Å²) in [7, 11) is 0. The Morgan fingerprint density at radius 3 is 2.63 bits per heavy atom. The lowest BCUT2D eigenvalue weighted by molar-refractivity contribution is -0.417. The zero-order chi connectivity index (χ0) is 20.8. The topological polar surface area (TPSA) is 48.7 Å². The largest absolute Gasteiger partial charge is 0.417 e. The number of pyridine rings is 2. The second-order valence-electron chi connectivity index (χ2n) is 8.15. The highest BCUT2D eigenvalue weighted by Crippen LogP contribution is 2.44. The van der Waals surface area contributed by atoms with Crippen molar-refractivity contribution < 1.29 is 22.9 Å². The number of nitrogens with zero attached hydrogens (tertiary/aromatic N) is 3. The molecule has 2 aliphatic rings. The van der Waals surface area contributed by atoms with Crippen LogP contribution in [0.15, 0.2) is 42.9 Å². The van der Waals surface area contributed by atoms with Gasteiger partial charge in [0, 0.05) is 24.2 Å². The highest BCUT2D eigenvalue weighted by Gasteiger charge is 2.41. The van der Waals surface area contributed by atoms with E-state index in [1.165, 1.54) is 12.6 Å². The summed E-state index contributed by atoms with van der Waals surface area (Å²) in [4.78, 5) is 20.2. The Morgan fingerprint density at radius 2 is 1.90 bits per heavy atom. The van der Waals surface area contributed by atoms with Crippen LogP contribution in [0.5, 0.6) is 0 Å². The Balaban J connectivity index is 1.54. The van der Waals surface area contributed by atoms with Crippen LogP contribution < -0.4 is 0 Å². The molecule has 1 spiro atoms. The summed E-state index contributed by atoms with van der Waals surface area (Å²) in [6, 6.07) is 6.42. The van der Waals surface area contributed by atoms with Gasteiger partial charge in [0.1, 0.15) is 17.5 Å². The number of alkyl halides is 3. The quantitative estimate of drug-likeness (QED) is 0.487. The summed E-state index contributed by atoms with van der Waals surface area (Å²) in [6.45, 7) is 0. The highest BCUT2D eigenvalue weighted by molar-refractivity contribution is 5.68. The van der Waals surface area contributed by atoms with Gasteiger partial charge in [-0.3, -0.25) is 9.38 Å². The average Bonchev–Trinajstić information content (AvgIpc) is 3.14. The average molecular weight is 417 g/mol. The molecular weight excluding hydrogens is 395 g/mol. The molecule has 0 radical (unpaired) electrons. The second kappa shape index (κ2) is 7.35. The summed E-state index contributed by atoms with van der Waals surface area (Å²) < 4.78 is 42.4. The van der Waals surface area contributed by atoms with Gasteiger partial charge in [-0.15, -0.1) is 0 Å². The van der Waals surface area contributed by atoms with Crippen LogP contribution in [0.4, 0.5) is 13.2 Å². The van der Waals surface area contributed by atoms with E-state index in [2.05, 4.69) is 9.97 Å². The molecule has 1 unspecified atom stereocenters. The molecule has 1 saturated heterocycles. The number of hydrogen-bond donors (Lipinski definition) is 0. The summed E-state index contributed by atoms with van der Waals surface area (Å²) in [5.74, 6) is 0.197. The number of rotatable bonds is 2. The van der Waals surface area contributed by atoms with E-state index in [1.807, 2.05) is 12.1 Å². The fourth-order valence-electron chi connectivity index (χ4n) is 4.66. The molecule has 1 aliphatic heterocycles. The molecule has 0 bridgehead atoms. The van der Waals surface area contributed by atoms with Crippen LogP contribution in [-0.4, -0.2) is 20.0 Å². The second-order valence-corrected chi connectivity index (χ2v) is 8.15. The van der Waals surface area contributed by atoms with Gasteiger partial charge in [0.25, 0.3) is 0 Å². The van der Waals surface area contributed by atoms with Crippen molar-refractivity contribution >= 4 is 5.52 Å². The van der Waals surface area contributed by atoms with E-state index in [0.717, 1.165) is 50.8 Å². The molecule has 4 heterocycles. The van der Waals surface area contributed by atoms with E-state index in [0.29, 0.717) is 11.2 Å². The highest BCUT2D eigenvalue weighted by atomic mass is 19.4. The first-order chi connectivity index (χ1) is 14.5. The molecule has 0 N–H and O–H groups in total. The lowest BCUT2D eigenvalue weighted by Crippen LogP contribution is -2.39. The fourth-order valence-corrected chi connectivity index (χ4v) is 4.66. The van der Waals surface area contributed by atoms with Gasteiger partial charge in [0.15, 0.2) is 0 Å². The van der Waals surface area contributed by atoms with Crippen LogP contribution in [-0.2, 0) is 16.0 Å². The normalized spacial score (nSPS) is 21.9. The molecule has 0 amide bonds. The molecular formula is C22H22F3N3O2. The third-order valence-electron chi connectivity index (χ3n) is 6.22. The zero-order valence-corrected chi connectivity index (χ0v) is 16.4. The summed E-state index contributed by atoms with van der Waals surface area (Å²) >= 11 is 0. The number of halogens is 3. The monoisotopic (exact) mass is 417 g/mol. The first-order valence-electron chi connectivity index (χ1n) is 10.3. The molecule has 30 heavy (non-hydrogen) atoms. The number of hydrogen-bond acceptors (Lipinski definition) is 4. The van der Waals surface area contributed by atoms with Crippen LogP contribution in [0.25, 0.3) is 16.9 Å². The van der Waals surface area contributed by atoms with Gasteiger partial charge in [-0.1, -0.05) is 25.3 Å². The molecule has 1 atom stereocenters. The van der Waals surface area contributed by atoms with Crippen molar-refractivity contribution in [2.75, 3.05) is 0 Å². The van der Waals surface area contributed by atoms with Gasteiger partial charge in [0.2, 0.25) is 0 Å². The van der Waals surface area contributed by atoms with Gasteiger partial charge in [-0.25, -0.2) is 14.8 Å². The molecule has 0 aromatic carbocycles. The van der Waals surface area contributed by atoms with Crippen LogP contribution in [0.3, 0.4) is 0 Å². The van der Waals surface area contributed by atoms with Crippen LogP contribution in [0.1, 0.15) is 62.3 Å². The van der Waals surface area contributed by atoms with Gasteiger partial charge in [0.05, 0.1) is 16.8 Å². The lowest BCUT2D eigenvalue weighted by Gasteiger charge is -2.40. The van der Waals surface area contributed by atoms with E-state index in [-0.39, 0.29) is 17.0 Å². The molecule has 2 fully saturated rings. The van der Waals surface area contributed by atoms with Crippen molar-refractivity contribution in [3.63, 3.8) is 0 Å². The molecule has 5 rings (SSSR count). The van der Waals surface area contributed by atoms with Crippen molar-refractivity contribution in [3.05, 3.63) is 54.1 Å². The van der Waals surface area contributed by atoms with Gasteiger partial charge < -0.3 is 0 Å². The van der Waals surface area contributed by atoms with Crippen LogP contribution >= 0.6 is 0 Å². The predicted molar refractivity (Wildman–Crippen MR) is 103 cm³/mol. The smallest absolute Gasteiger partial charge is 0.299 e. The van der Waals surface area contributed by atoms with Gasteiger partial charge >= 0.3 is 6.18 Å². The molecule has 5 nitrogen and oxygen atoms in total. The van der Waals surface area contributed by atoms with Crippen LogP contribution in [0, 0.1) is 0 Å². The Labute approximate surface area is 171 Å². The van der Waals surface area contributed by atoms with E-state index >= 15 is 0 Å². The maximum Gasteiger partial charge on any atom is 0.417 e. The zero-order valence-electron chi connectivity index (χ0n) is 16.4. The molecule has 3 aromatic heterocycles. The summed E-state index contributed by atoms with van der Waals surface area (Å²) in [5.41, 5.74) is 0.255. The minimum Gasteiger partial charge on any atom is -0.299 e. The fraction of sp³-hybridized carbons (Fsp3) is 0.455. The first-order valence-corrected chi connectivity index (χ1v) is 10.3. The van der Waals surface area contributed by atoms with Crippen molar-refractivity contribution in [2.45, 2.75) is 62.8 Å². The Morgan fingerprint density at radius 1 is 1.07 bits per heavy atom. The van der Waals surface area contributed by atoms with E-state index in [1.54, 1.807) is 16.7 Å². The molecule has 8 heteroatoms. The third kappa shape index (κ3) is 3.37. The summed E-state index contributed by atoms with van der Waals surface area (Å²) in [6.07, 6.45) is 6.18. The van der Waals surface area contributed by atoms with Crippen molar-refractivity contribution in [3.8, 4) is 11.4 Å². The predicted octanol–water partition coefficient (Wildman–Crippen LogP) is 5.90. The Kier molecular flexibility index (Phi) is 4.78. The number of imidazole rings is 1. The number of aromatic nitrogens is 3. The molecule has 3 aromatic rings. The molecule has 1 aliphatic carbocycles. The van der Waals surface area contributed by atoms with Crippen molar-refractivity contribution in [1.82, 2.24) is 14.4 Å². The number of fused-ring (bicyclic) bond motifs is 1. The molecule has 1 saturated carbocycles.